The average molecular weight is 282 g/mol. The highest BCUT2D eigenvalue weighted by Crippen LogP contribution is 2.34. The molecule has 1 heterocycles. The van der Waals surface area contributed by atoms with Gasteiger partial charge < -0.3 is 15.3 Å². The molecule has 0 saturated heterocycles. The Kier molecular flexibility index (Phi) is 4.23. The molecule has 21 heavy (non-hydrogen) atoms. The Morgan fingerprint density at radius 2 is 1.90 bits per heavy atom. The molecule has 0 fully saturated rings. The molecule has 2 aromatic carbocycles. The van der Waals surface area contributed by atoms with Gasteiger partial charge in [-0.1, -0.05) is 36.4 Å². The van der Waals surface area contributed by atoms with Gasteiger partial charge in [0.15, 0.2) is 0 Å². The Morgan fingerprint density at radius 3 is 2.67 bits per heavy atom. The molecule has 0 unspecified atom stereocenters. The summed E-state index contributed by atoms with van der Waals surface area (Å²) in [7, 11) is 2.16. The molecule has 0 radical (unpaired) electrons. The normalized spacial score (nSPS) is 14.8. The van der Waals surface area contributed by atoms with E-state index in [9.17, 15) is 0 Å². The van der Waals surface area contributed by atoms with Crippen LogP contribution in [0.15, 0.2) is 42.5 Å². The number of hydrogen-bond acceptors (Lipinski definition) is 3. The molecule has 3 rings (SSSR count). The first-order chi connectivity index (χ1) is 10.3. The van der Waals surface area contributed by atoms with Crippen LogP contribution < -0.4 is 5.32 Å². The van der Waals surface area contributed by atoms with Crippen LogP contribution in [0.3, 0.4) is 0 Å². The van der Waals surface area contributed by atoms with Crippen LogP contribution in [-0.4, -0.2) is 36.8 Å². The molecule has 1 aliphatic rings. The van der Waals surface area contributed by atoms with Gasteiger partial charge in [-0.3, -0.25) is 0 Å². The lowest BCUT2D eigenvalue weighted by Gasteiger charge is -2.29. The van der Waals surface area contributed by atoms with E-state index in [2.05, 4.69) is 59.7 Å². The first-order valence-corrected chi connectivity index (χ1v) is 7.53. The molecule has 0 aliphatic carbocycles. The van der Waals surface area contributed by atoms with Crippen molar-refractivity contribution in [2.45, 2.75) is 13.0 Å². The molecular formula is C18H22N2O. The minimum Gasteiger partial charge on any atom is -0.395 e. The van der Waals surface area contributed by atoms with Crippen molar-refractivity contribution in [1.82, 2.24) is 4.90 Å². The van der Waals surface area contributed by atoms with Gasteiger partial charge in [-0.25, -0.2) is 0 Å². The maximum absolute atomic E-state index is 9.04. The van der Waals surface area contributed by atoms with E-state index in [4.69, 9.17) is 5.11 Å². The lowest BCUT2D eigenvalue weighted by atomic mass is 9.89. The Morgan fingerprint density at radius 1 is 1.10 bits per heavy atom. The van der Waals surface area contributed by atoms with Gasteiger partial charge in [-0.15, -0.1) is 0 Å². The molecular weight excluding hydrogens is 260 g/mol. The molecule has 2 aromatic rings. The van der Waals surface area contributed by atoms with Crippen molar-refractivity contribution in [2.24, 2.45) is 0 Å². The predicted octanol–water partition coefficient (Wildman–Crippen LogP) is 2.75. The van der Waals surface area contributed by atoms with E-state index in [-0.39, 0.29) is 6.61 Å². The van der Waals surface area contributed by atoms with Crippen LogP contribution in [0.2, 0.25) is 0 Å². The summed E-state index contributed by atoms with van der Waals surface area (Å²) in [6.07, 6.45) is 1.07. The number of hydrogen-bond donors (Lipinski definition) is 2. The second kappa shape index (κ2) is 6.29. The highest BCUT2D eigenvalue weighted by Gasteiger charge is 2.20. The Bertz CT molecular complexity index is 610. The number of nitrogens with zero attached hydrogens (tertiary/aromatic N) is 1. The Labute approximate surface area is 126 Å². The minimum absolute atomic E-state index is 0.158. The highest BCUT2D eigenvalue weighted by molar-refractivity contribution is 5.74. The van der Waals surface area contributed by atoms with Gasteiger partial charge in [-0.2, -0.15) is 0 Å². The standard InChI is InChI=1S/C18H22N2O/c1-20-11-9-16-15(14-5-3-2-4-6-14)7-8-18(17(16)13-20)19-10-12-21/h2-8,19,21H,9-13H2,1H3. The number of rotatable bonds is 4. The fraction of sp³-hybridized carbons (Fsp3) is 0.333. The van der Waals surface area contributed by atoms with Crippen molar-refractivity contribution in [1.29, 1.82) is 0 Å². The number of nitrogens with one attached hydrogen (secondary N) is 1. The van der Waals surface area contributed by atoms with Gasteiger partial charge in [0.1, 0.15) is 0 Å². The highest BCUT2D eigenvalue weighted by atomic mass is 16.3. The van der Waals surface area contributed by atoms with E-state index in [1.165, 1.54) is 22.3 Å². The minimum atomic E-state index is 0.158. The van der Waals surface area contributed by atoms with Gasteiger partial charge in [0.2, 0.25) is 0 Å². The number of aliphatic hydroxyl groups is 1. The van der Waals surface area contributed by atoms with E-state index in [0.29, 0.717) is 6.54 Å². The van der Waals surface area contributed by atoms with Crippen LogP contribution in [0.4, 0.5) is 5.69 Å². The molecule has 0 aromatic heterocycles. The Hall–Kier alpha value is -1.84. The van der Waals surface area contributed by atoms with E-state index in [1.807, 2.05) is 0 Å². The number of benzene rings is 2. The summed E-state index contributed by atoms with van der Waals surface area (Å²) in [6, 6.07) is 14.9. The second-order valence-corrected chi connectivity index (χ2v) is 5.62. The van der Waals surface area contributed by atoms with E-state index >= 15 is 0 Å². The quantitative estimate of drug-likeness (QED) is 0.905. The van der Waals surface area contributed by atoms with Crippen LogP contribution in [0.25, 0.3) is 11.1 Å². The summed E-state index contributed by atoms with van der Waals surface area (Å²) in [4.78, 5) is 2.35. The number of fused-ring (bicyclic) bond motifs is 1. The average Bonchev–Trinajstić information content (AvgIpc) is 2.53. The van der Waals surface area contributed by atoms with Crippen molar-refractivity contribution in [3.8, 4) is 11.1 Å². The Balaban J connectivity index is 2.05. The van der Waals surface area contributed by atoms with Crippen molar-refractivity contribution in [2.75, 3.05) is 32.1 Å². The fourth-order valence-electron chi connectivity index (χ4n) is 3.06. The zero-order valence-electron chi connectivity index (χ0n) is 12.5. The second-order valence-electron chi connectivity index (χ2n) is 5.62. The summed E-state index contributed by atoms with van der Waals surface area (Å²) in [5, 5.41) is 12.4. The van der Waals surface area contributed by atoms with Gasteiger partial charge in [0.05, 0.1) is 6.61 Å². The molecule has 110 valence electrons. The zero-order chi connectivity index (χ0) is 14.7. The van der Waals surface area contributed by atoms with Crippen molar-refractivity contribution < 1.29 is 5.11 Å². The molecule has 0 atom stereocenters. The van der Waals surface area contributed by atoms with Gasteiger partial charge >= 0.3 is 0 Å². The van der Waals surface area contributed by atoms with Crippen molar-refractivity contribution in [3.63, 3.8) is 0 Å². The molecule has 2 N–H and O–H groups in total. The number of likely N-dealkylation sites (N-methyl/N-ethyl adjacent to an activating group) is 1. The summed E-state index contributed by atoms with van der Waals surface area (Å²) in [5.41, 5.74) is 6.60. The molecule has 3 heteroatoms. The molecule has 0 spiro atoms. The fourth-order valence-corrected chi connectivity index (χ4v) is 3.06. The third-order valence-corrected chi connectivity index (χ3v) is 4.11. The van der Waals surface area contributed by atoms with Crippen molar-refractivity contribution in [3.05, 3.63) is 53.6 Å². The largest absolute Gasteiger partial charge is 0.395 e. The first-order valence-electron chi connectivity index (χ1n) is 7.53. The SMILES string of the molecule is CN1CCc2c(-c3ccccc3)ccc(NCCO)c2C1. The summed E-state index contributed by atoms with van der Waals surface area (Å²) in [6.45, 7) is 2.81. The third kappa shape index (κ3) is 2.94. The van der Waals surface area contributed by atoms with Gasteiger partial charge in [-0.05, 0) is 41.8 Å². The summed E-state index contributed by atoms with van der Waals surface area (Å²) >= 11 is 0. The lowest BCUT2D eigenvalue weighted by molar-refractivity contribution is 0.308. The number of aliphatic hydroxyl groups excluding tert-OH is 1. The van der Waals surface area contributed by atoms with Gasteiger partial charge in [0.25, 0.3) is 0 Å². The molecule has 1 aliphatic heterocycles. The van der Waals surface area contributed by atoms with Gasteiger partial charge in [0, 0.05) is 25.3 Å². The lowest BCUT2D eigenvalue weighted by Crippen LogP contribution is -2.28. The third-order valence-electron chi connectivity index (χ3n) is 4.11. The van der Waals surface area contributed by atoms with Crippen LogP contribution in [0, 0.1) is 0 Å². The summed E-state index contributed by atoms with van der Waals surface area (Å²) < 4.78 is 0. The van der Waals surface area contributed by atoms with Crippen LogP contribution in [0.5, 0.6) is 0 Å². The topological polar surface area (TPSA) is 35.5 Å². The van der Waals surface area contributed by atoms with E-state index in [1.54, 1.807) is 0 Å². The zero-order valence-corrected chi connectivity index (χ0v) is 12.5. The van der Waals surface area contributed by atoms with E-state index in [0.717, 1.165) is 25.2 Å². The first kappa shape index (κ1) is 14.1. The maximum atomic E-state index is 9.04. The van der Waals surface area contributed by atoms with Crippen LogP contribution in [-0.2, 0) is 13.0 Å². The molecule has 3 nitrogen and oxygen atoms in total. The molecule has 0 bridgehead atoms. The number of anilines is 1. The molecule has 0 amide bonds. The molecule has 0 saturated carbocycles. The smallest absolute Gasteiger partial charge is 0.0604 e. The monoisotopic (exact) mass is 282 g/mol. The predicted molar refractivity (Wildman–Crippen MR) is 87.5 cm³/mol. The maximum Gasteiger partial charge on any atom is 0.0604 e. The summed E-state index contributed by atoms with van der Waals surface area (Å²) in [5.74, 6) is 0. The van der Waals surface area contributed by atoms with Crippen LogP contribution in [0.1, 0.15) is 11.1 Å². The van der Waals surface area contributed by atoms with Crippen LogP contribution >= 0.6 is 0 Å². The van der Waals surface area contributed by atoms with E-state index < -0.39 is 0 Å². The van der Waals surface area contributed by atoms with Crippen molar-refractivity contribution >= 4 is 5.69 Å².